The van der Waals surface area contributed by atoms with Crippen LogP contribution < -0.4 is 11.1 Å². The maximum Gasteiger partial charge on any atom is 0.419 e. The summed E-state index contributed by atoms with van der Waals surface area (Å²) in [5.41, 5.74) is 2.11. The van der Waals surface area contributed by atoms with Crippen molar-refractivity contribution < 1.29 is 31.1 Å². The third-order valence-electron chi connectivity index (χ3n) is 2.35. The summed E-state index contributed by atoms with van der Waals surface area (Å²) in [5.74, 6) is -6.61. The molecular formula is C11H11ClF6N2O. The number of nitrogens with two attached hydrogens (primary N) is 1. The zero-order valence-corrected chi connectivity index (χ0v) is 11.1. The normalized spacial score (nSPS) is 11.8. The highest BCUT2D eigenvalue weighted by Crippen LogP contribution is 2.32. The summed E-state index contributed by atoms with van der Waals surface area (Å²) in [4.78, 5) is 11.4. The smallest absolute Gasteiger partial charge is 0.346 e. The minimum absolute atomic E-state index is 0. The van der Waals surface area contributed by atoms with Gasteiger partial charge >= 0.3 is 6.18 Å². The van der Waals surface area contributed by atoms with E-state index in [2.05, 4.69) is 0 Å². The number of nitrogens with one attached hydrogen (secondary N) is 1. The predicted molar refractivity (Wildman–Crippen MR) is 65.0 cm³/mol. The van der Waals surface area contributed by atoms with E-state index in [1.165, 1.54) is 0 Å². The average Bonchev–Trinajstić information content (AvgIpc) is 2.35. The van der Waals surface area contributed by atoms with Crippen LogP contribution in [0.3, 0.4) is 0 Å². The Bertz CT molecular complexity index is 506. The van der Waals surface area contributed by atoms with Crippen molar-refractivity contribution in [2.75, 3.05) is 13.1 Å². The Kier molecular flexibility index (Phi) is 6.50. The molecule has 3 nitrogen and oxygen atoms in total. The monoisotopic (exact) mass is 336 g/mol. The van der Waals surface area contributed by atoms with Gasteiger partial charge in [-0.1, -0.05) is 6.07 Å². The van der Waals surface area contributed by atoms with E-state index in [0.717, 1.165) is 12.1 Å². The van der Waals surface area contributed by atoms with Crippen molar-refractivity contribution in [3.8, 4) is 0 Å². The van der Waals surface area contributed by atoms with Gasteiger partial charge in [-0.25, -0.2) is 13.2 Å². The molecule has 1 amide bonds. The number of amides is 1. The summed E-state index contributed by atoms with van der Waals surface area (Å²) in [7, 11) is 0. The molecule has 0 aromatic heterocycles. The van der Waals surface area contributed by atoms with Crippen LogP contribution in [0.5, 0.6) is 0 Å². The maximum absolute atomic E-state index is 13.5. The van der Waals surface area contributed by atoms with Gasteiger partial charge in [0.05, 0.1) is 24.2 Å². The second kappa shape index (κ2) is 6.99. The molecular weight excluding hydrogens is 326 g/mol. The van der Waals surface area contributed by atoms with Gasteiger partial charge in [0.25, 0.3) is 11.8 Å². The minimum atomic E-state index is -4.98. The molecule has 1 aromatic carbocycles. The average molecular weight is 337 g/mol. The van der Waals surface area contributed by atoms with E-state index < -0.39 is 48.0 Å². The third kappa shape index (κ3) is 5.09. The lowest BCUT2D eigenvalue weighted by Crippen LogP contribution is -2.41. The first-order valence-corrected chi connectivity index (χ1v) is 5.30. The predicted octanol–water partition coefficient (Wildman–Crippen LogP) is 2.59. The van der Waals surface area contributed by atoms with Crippen molar-refractivity contribution in [1.82, 2.24) is 5.32 Å². The van der Waals surface area contributed by atoms with E-state index >= 15 is 0 Å². The molecule has 120 valence electrons. The molecule has 21 heavy (non-hydrogen) atoms. The van der Waals surface area contributed by atoms with Gasteiger partial charge in [-0.3, -0.25) is 4.79 Å². The highest BCUT2D eigenvalue weighted by Gasteiger charge is 2.36. The minimum Gasteiger partial charge on any atom is -0.346 e. The van der Waals surface area contributed by atoms with Crippen LogP contribution in [0.2, 0.25) is 0 Å². The topological polar surface area (TPSA) is 55.1 Å². The quantitative estimate of drug-likeness (QED) is 0.830. The van der Waals surface area contributed by atoms with Crippen LogP contribution in [0.1, 0.15) is 15.9 Å². The Balaban J connectivity index is 0.00000400. The summed E-state index contributed by atoms with van der Waals surface area (Å²) in [6.07, 6.45) is -4.98. The van der Waals surface area contributed by atoms with Crippen molar-refractivity contribution in [1.29, 1.82) is 0 Å². The molecule has 0 spiro atoms. The van der Waals surface area contributed by atoms with E-state index in [-0.39, 0.29) is 12.4 Å². The van der Waals surface area contributed by atoms with Crippen LogP contribution in [0.15, 0.2) is 18.2 Å². The highest BCUT2D eigenvalue weighted by atomic mass is 35.5. The molecule has 0 heterocycles. The molecule has 0 saturated heterocycles. The first-order valence-electron chi connectivity index (χ1n) is 5.30. The van der Waals surface area contributed by atoms with Crippen LogP contribution in [-0.2, 0) is 6.18 Å². The second-order valence-electron chi connectivity index (χ2n) is 3.91. The van der Waals surface area contributed by atoms with Gasteiger partial charge in [0.2, 0.25) is 0 Å². The zero-order chi connectivity index (χ0) is 15.6. The number of hydrogen-bond donors (Lipinski definition) is 2. The molecule has 0 radical (unpaired) electrons. The standard InChI is InChI=1S/C11H10F6N2O.ClH/c12-8-6(2-1-3-7(8)11(15,16)17)9(20)19-5-10(13,14)4-18;/h1-3H,4-5,18H2,(H,19,20);1H. The molecule has 10 heteroatoms. The van der Waals surface area contributed by atoms with Crippen molar-refractivity contribution in [3.63, 3.8) is 0 Å². The first kappa shape index (κ1) is 19.5. The second-order valence-corrected chi connectivity index (χ2v) is 3.91. The summed E-state index contributed by atoms with van der Waals surface area (Å²) < 4.78 is 76.3. The molecule has 0 fully saturated rings. The Morgan fingerprint density at radius 1 is 1.19 bits per heavy atom. The molecule has 1 aromatic rings. The van der Waals surface area contributed by atoms with Crippen molar-refractivity contribution in [2.24, 2.45) is 5.73 Å². The van der Waals surface area contributed by atoms with Crippen LogP contribution in [0.25, 0.3) is 0 Å². The van der Waals surface area contributed by atoms with E-state index in [1.807, 2.05) is 0 Å². The highest BCUT2D eigenvalue weighted by molar-refractivity contribution is 5.94. The maximum atomic E-state index is 13.5. The number of benzene rings is 1. The van der Waals surface area contributed by atoms with Gasteiger partial charge in [0.1, 0.15) is 5.82 Å². The summed E-state index contributed by atoms with van der Waals surface area (Å²) in [5, 5.41) is 1.63. The van der Waals surface area contributed by atoms with E-state index in [0.29, 0.717) is 6.07 Å². The molecule has 0 atom stereocenters. The summed E-state index contributed by atoms with van der Waals surface area (Å²) in [6, 6.07) is 2.02. The van der Waals surface area contributed by atoms with Gasteiger partial charge in [0.15, 0.2) is 0 Å². The van der Waals surface area contributed by atoms with Gasteiger partial charge in [-0.2, -0.15) is 13.2 Å². The first-order chi connectivity index (χ1) is 9.08. The molecule has 0 aliphatic carbocycles. The Morgan fingerprint density at radius 2 is 1.76 bits per heavy atom. The fourth-order valence-corrected chi connectivity index (χ4v) is 1.30. The third-order valence-corrected chi connectivity index (χ3v) is 2.35. The van der Waals surface area contributed by atoms with Gasteiger partial charge in [0, 0.05) is 0 Å². The molecule has 0 saturated carbocycles. The largest absolute Gasteiger partial charge is 0.419 e. The molecule has 0 aliphatic heterocycles. The number of halogens is 7. The van der Waals surface area contributed by atoms with Crippen molar-refractivity contribution >= 4 is 18.3 Å². The number of hydrogen-bond acceptors (Lipinski definition) is 2. The van der Waals surface area contributed by atoms with Gasteiger partial charge in [-0.15, -0.1) is 12.4 Å². The number of carbonyl (C=O) groups excluding carboxylic acids is 1. The molecule has 1 rings (SSSR count). The fourth-order valence-electron chi connectivity index (χ4n) is 1.30. The Hall–Kier alpha value is -1.48. The van der Waals surface area contributed by atoms with Gasteiger partial charge < -0.3 is 11.1 Å². The number of rotatable bonds is 4. The lowest BCUT2D eigenvalue weighted by Gasteiger charge is -2.15. The Labute approximate surface area is 121 Å². The van der Waals surface area contributed by atoms with Gasteiger partial charge in [-0.05, 0) is 12.1 Å². The van der Waals surface area contributed by atoms with Crippen molar-refractivity contribution in [3.05, 3.63) is 35.1 Å². The zero-order valence-electron chi connectivity index (χ0n) is 10.3. The summed E-state index contributed by atoms with van der Waals surface area (Å²) in [6.45, 7) is -2.25. The molecule has 3 N–H and O–H groups in total. The Morgan fingerprint density at radius 3 is 2.24 bits per heavy atom. The van der Waals surface area contributed by atoms with E-state index in [1.54, 1.807) is 5.32 Å². The van der Waals surface area contributed by atoms with Crippen LogP contribution in [0.4, 0.5) is 26.3 Å². The lowest BCUT2D eigenvalue weighted by atomic mass is 10.1. The lowest BCUT2D eigenvalue weighted by molar-refractivity contribution is -0.140. The van der Waals surface area contributed by atoms with E-state index in [4.69, 9.17) is 5.73 Å². The SMILES string of the molecule is Cl.NCC(F)(F)CNC(=O)c1cccc(C(F)(F)F)c1F. The van der Waals surface area contributed by atoms with Crippen molar-refractivity contribution in [2.45, 2.75) is 12.1 Å². The number of carbonyl (C=O) groups is 1. The molecule has 0 bridgehead atoms. The van der Waals surface area contributed by atoms with Crippen LogP contribution >= 0.6 is 12.4 Å². The molecule has 0 aliphatic rings. The molecule has 0 unspecified atom stereocenters. The fraction of sp³-hybridized carbons (Fsp3) is 0.364. The van der Waals surface area contributed by atoms with E-state index in [9.17, 15) is 31.1 Å². The van der Waals surface area contributed by atoms with Crippen LogP contribution in [-0.4, -0.2) is 24.9 Å². The number of alkyl halides is 5. The summed E-state index contributed by atoms with van der Waals surface area (Å²) >= 11 is 0. The van der Waals surface area contributed by atoms with Crippen LogP contribution in [0, 0.1) is 5.82 Å².